The number of hydrogen-bond donors (Lipinski definition) is 1. The van der Waals surface area contributed by atoms with Gasteiger partial charge in [0.2, 0.25) is 5.91 Å². The first-order valence-corrected chi connectivity index (χ1v) is 9.12. The molecule has 0 fully saturated rings. The van der Waals surface area contributed by atoms with Crippen molar-refractivity contribution in [2.24, 2.45) is 0 Å². The molecule has 0 atom stereocenters. The lowest BCUT2D eigenvalue weighted by atomic mass is 10.1. The number of ether oxygens (including phenoxy) is 1. The van der Waals surface area contributed by atoms with Gasteiger partial charge in [-0.15, -0.1) is 0 Å². The molecule has 0 spiro atoms. The molecule has 0 aliphatic rings. The van der Waals surface area contributed by atoms with Gasteiger partial charge in [-0.3, -0.25) is 9.59 Å². The maximum absolute atomic E-state index is 12.6. The van der Waals surface area contributed by atoms with Crippen LogP contribution in [0.3, 0.4) is 0 Å². The van der Waals surface area contributed by atoms with E-state index in [4.69, 9.17) is 4.74 Å². The van der Waals surface area contributed by atoms with Crippen molar-refractivity contribution in [1.82, 2.24) is 4.90 Å². The van der Waals surface area contributed by atoms with Gasteiger partial charge in [-0.25, -0.2) is 0 Å². The number of carbonyl (C=O) groups is 2. The molecule has 0 saturated heterocycles. The molecule has 0 aliphatic carbocycles. The van der Waals surface area contributed by atoms with E-state index in [2.05, 4.69) is 21.2 Å². The topological polar surface area (TPSA) is 58.6 Å². The van der Waals surface area contributed by atoms with Crippen molar-refractivity contribution < 1.29 is 14.3 Å². The Labute approximate surface area is 162 Å². The van der Waals surface area contributed by atoms with E-state index in [9.17, 15) is 9.59 Å². The second-order valence-corrected chi connectivity index (χ2v) is 7.34. The number of amides is 2. The molecule has 0 saturated carbocycles. The fraction of sp³-hybridized carbons (Fsp3) is 0.300. The van der Waals surface area contributed by atoms with Crippen LogP contribution in [-0.4, -0.2) is 36.9 Å². The van der Waals surface area contributed by atoms with Crippen LogP contribution in [0.1, 0.15) is 29.8 Å². The number of rotatable bonds is 6. The van der Waals surface area contributed by atoms with Gasteiger partial charge in [-0.2, -0.15) is 0 Å². The number of likely N-dealkylation sites (N-methyl/N-ethyl adjacent to an activating group) is 1. The van der Waals surface area contributed by atoms with Gasteiger partial charge in [0.05, 0.1) is 18.1 Å². The highest BCUT2D eigenvalue weighted by atomic mass is 79.9. The Bertz CT molecular complexity index is 786. The molecular weight excluding hydrogens is 396 g/mol. The molecule has 0 unspecified atom stereocenters. The van der Waals surface area contributed by atoms with Crippen LogP contribution < -0.4 is 10.1 Å². The van der Waals surface area contributed by atoms with Crippen molar-refractivity contribution in [3.05, 3.63) is 58.1 Å². The molecular formula is C20H23BrN2O3. The summed E-state index contributed by atoms with van der Waals surface area (Å²) in [6, 6.07) is 12.6. The second kappa shape index (κ2) is 8.85. The Morgan fingerprint density at radius 1 is 1.12 bits per heavy atom. The first kappa shape index (κ1) is 20.0. The number of carbonyl (C=O) groups excluding carboxylic acids is 2. The highest BCUT2D eigenvalue weighted by Crippen LogP contribution is 2.25. The van der Waals surface area contributed by atoms with Gasteiger partial charge in [0, 0.05) is 24.3 Å². The van der Waals surface area contributed by atoms with E-state index in [0.29, 0.717) is 23.4 Å². The molecule has 6 heteroatoms. The van der Waals surface area contributed by atoms with E-state index in [1.54, 1.807) is 43.3 Å². The van der Waals surface area contributed by atoms with Crippen molar-refractivity contribution in [2.75, 3.05) is 19.4 Å². The zero-order valence-corrected chi connectivity index (χ0v) is 17.0. The molecule has 2 amide bonds. The first-order chi connectivity index (χ1) is 12.3. The minimum absolute atomic E-state index is 0.0313. The Morgan fingerprint density at radius 2 is 1.77 bits per heavy atom. The average Bonchev–Trinajstić information content (AvgIpc) is 2.57. The van der Waals surface area contributed by atoms with Gasteiger partial charge in [-0.1, -0.05) is 28.1 Å². The number of hydrogen-bond acceptors (Lipinski definition) is 3. The molecule has 0 bridgehead atoms. The maximum atomic E-state index is 12.6. The van der Waals surface area contributed by atoms with Crippen LogP contribution in [0, 0.1) is 0 Å². The Hall–Kier alpha value is -2.34. The highest BCUT2D eigenvalue weighted by Gasteiger charge is 2.15. The monoisotopic (exact) mass is 418 g/mol. The van der Waals surface area contributed by atoms with Crippen molar-refractivity contribution in [2.45, 2.75) is 26.4 Å². The highest BCUT2D eigenvalue weighted by molar-refractivity contribution is 9.10. The van der Waals surface area contributed by atoms with Crippen LogP contribution in [0.25, 0.3) is 0 Å². The summed E-state index contributed by atoms with van der Waals surface area (Å²) < 4.78 is 6.52. The van der Waals surface area contributed by atoms with Crippen molar-refractivity contribution in [1.29, 1.82) is 0 Å². The standard InChI is InChI=1S/C20H23BrN2O3/c1-13(2)26-18-10-7-15(21)12-17(18)20(25)22-16-8-5-14(6-9-16)11-19(24)23(3)4/h5-10,12-13H,11H2,1-4H3,(H,22,25). The minimum Gasteiger partial charge on any atom is -0.490 e. The van der Waals surface area contributed by atoms with E-state index in [0.717, 1.165) is 10.0 Å². The summed E-state index contributed by atoms with van der Waals surface area (Å²) in [6.45, 7) is 3.83. The normalized spacial score (nSPS) is 10.5. The fourth-order valence-corrected chi connectivity index (χ4v) is 2.63. The van der Waals surface area contributed by atoms with E-state index < -0.39 is 0 Å². The number of nitrogens with one attached hydrogen (secondary N) is 1. The summed E-state index contributed by atoms with van der Waals surface area (Å²) in [7, 11) is 3.46. The van der Waals surface area contributed by atoms with Gasteiger partial charge in [0.15, 0.2) is 0 Å². The number of nitrogens with zero attached hydrogens (tertiary/aromatic N) is 1. The van der Waals surface area contributed by atoms with Gasteiger partial charge in [0.1, 0.15) is 5.75 Å². The Kier molecular flexibility index (Phi) is 6.80. The van der Waals surface area contributed by atoms with Crippen LogP contribution in [-0.2, 0) is 11.2 Å². The molecule has 0 radical (unpaired) electrons. The molecule has 0 heterocycles. The van der Waals surface area contributed by atoms with Crippen LogP contribution >= 0.6 is 15.9 Å². The quantitative estimate of drug-likeness (QED) is 0.767. The second-order valence-electron chi connectivity index (χ2n) is 6.42. The predicted molar refractivity (Wildman–Crippen MR) is 107 cm³/mol. The summed E-state index contributed by atoms with van der Waals surface area (Å²) in [4.78, 5) is 26.0. The molecule has 2 rings (SSSR count). The molecule has 2 aromatic rings. The van der Waals surface area contributed by atoms with Gasteiger partial charge >= 0.3 is 0 Å². The van der Waals surface area contributed by atoms with Crippen molar-refractivity contribution in [3.63, 3.8) is 0 Å². The van der Waals surface area contributed by atoms with E-state index >= 15 is 0 Å². The van der Waals surface area contributed by atoms with E-state index in [-0.39, 0.29) is 17.9 Å². The van der Waals surface area contributed by atoms with Crippen LogP contribution in [0.5, 0.6) is 5.75 Å². The summed E-state index contributed by atoms with van der Waals surface area (Å²) in [5, 5.41) is 2.87. The molecule has 138 valence electrons. The Morgan fingerprint density at radius 3 is 2.35 bits per heavy atom. The van der Waals surface area contributed by atoms with Gasteiger partial charge < -0.3 is 15.0 Å². The number of halogens is 1. The average molecular weight is 419 g/mol. The van der Waals surface area contributed by atoms with E-state index in [1.165, 1.54) is 0 Å². The van der Waals surface area contributed by atoms with E-state index in [1.807, 2.05) is 32.0 Å². The lowest BCUT2D eigenvalue weighted by Crippen LogP contribution is -2.23. The summed E-state index contributed by atoms with van der Waals surface area (Å²) in [5.74, 6) is 0.319. The molecule has 2 aromatic carbocycles. The number of anilines is 1. The van der Waals surface area contributed by atoms with Crippen LogP contribution in [0.15, 0.2) is 46.9 Å². The third-order valence-corrected chi connectivity index (χ3v) is 4.11. The first-order valence-electron chi connectivity index (χ1n) is 8.33. The van der Waals surface area contributed by atoms with Gasteiger partial charge in [-0.05, 0) is 49.7 Å². The van der Waals surface area contributed by atoms with Crippen molar-refractivity contribution >= 4 is 33.4 Å². The largest absolute Gasteiger partial charge is 0.490 e. The molecule has 0 aliphatic heterocycles. The maximum Gasteiger partial charge on any atom is 0.259 e. The molecule has 26 heavy (non-hydrogen) atoms. The summed E-state index contributed by atoms with van der Waals surface area (Å²) in [6.07, 6.45) is 0.301. The summed E-state index contributed by atoms with van der Waals surface area (Å²) >= 11 is 3.39. The predicted octanol–water partition coefficient (Wildman–Crippen LogP) is 4.12. The van der Waals surface area contributed by atoms with Crippen LogP contribution in [0.2, 0.25) is 0 Å². The van der Waals surface area contributed by atoms with Gasteiger partial charge in [0.25, 0.3) is 5.91 Å². The molecule has 0 aromatic heterocycles. The summed E-state index contributed by atoms with van der Waals surface area (Å²) in [5.41, 5.74) is 2.01. The zero-order valence-electron chi connectivity index (χ0n) is 15.4. The third kappa shape index (κ3) is 5.59. The smallest absolute Gasteiger partial charge is 0.259 e. The minimum atomic E-state index is -0.251. The third-order valence-electron chi connectivity index (χ3n) is 3.61. The molecule has 5 nitrogen and oxygen atoms in total. The fourth-order valence-electron chi connectivity index (χ4n) is 2.27. The van der Waals surface area contributed by atoms with Crippen molar-refractivity contribution in [3.8, 4) is 5.75 Å². The number of benzene rings is 2. The Balaban J connectivity index is 2.12. The molecule has 1 N–H and O–H groups in total. The van der Waals surface area contributed by atoms with Crippen LogP contribution in [0.4, 0.5) is 5.69 Å². The lowest BCUT2D eigenvalue weighted by molar-refractivity contribution is -0.127. The SMILES string of the molecule is CC(C)Oc1ccc(Br)cc1C(=O)Nc1ccc(CC(=O)N(C)C)cc1. The lowest BCUT2D eigenvalue weighted by Gasteiger charge is -2.15. The zero-order chi connectivity index (χ0) is 19.3.